The number of halogens is 3. The minimum Gasteiger partial charge on any atom is -0.361 e. The van der Waals surface area contributed by atoms with Crippen molar-refractivity contribution in [3.8, 4) is 0 Å². The number of amides is 1. The Kier molecular flexibility index (Phi) is 6.78. The van der Waals surface area contributed by atoms with Gasteiger partial charge in [-0.25, -0.2) is 9.98 Å². The second-order valence-electron chi connectivity index (χ2n) is 6.54. The van der Waals surface area contributed by atoms with E-state index in [0.717, 1.165) is 17.0 Å². The van der Waals surface area contributed by atoms with E-state index >= 15 is 0 Å². The van der Waals surface area contributed by atoms with Gasteiger partial charge in [-0.05, 0) is 29.8 Å². The monoisotopic (exact) mass is 439 g/mol. The molecular formula is C19H20Cl3N5O. The smallest absolute Gasteiger partial charge is 0.236 e. The lowest BCUT2D eigenvalue weighted by atomic mass is 10.2. The molecule has 0 saturated heterocycles. The molecule has 0 saturated carbocycles. The Bertz CT molecular complexity index is 898. The zero-order valence-corrected chi connectivity index (χ0v) is 17.6. The number of carbonyl (C=O) groups is 1. The Morgan fingerprint density at radius 3 is 2.54 bits per heavy atom. The average molecular weight is 441 g/mol. The van der Waals surface area contributed by atoms with Crippen LogP contribution in [-0.4, -0.2) is 53.2 Å². The third-order valence-corrected chi connectivity index (χ3v) is 5.12. The minimum absolute atomic E-state index is 0.0627. The summed E-state index contributed by atoms with van der Waals surface area (Å²) in [5, 5.41) is 1.49. The number of aromatic nitrogens is 1. The summed E-state index contributed by atoms with van der Waals surface area (Å²) in [4.78, 5) is 24.8. The number of benzene rings is 1. The Morgan fingerprint density at radius 2 is 1.86 bits per heavy atom. The highest BCUT2D eigenvalue weighted by atomic mass is 35.5. The highest BCUT2D eigenvalue weighted by Crippen LogP contribution is 2.27. The second kappa shape index (κ2) is 9.09. The molecule has 2 aromatic rings. The molecule has 0 atom stereocenters. The van der Waals surface area contributed by atoms with Crippen LogP contribution in [0.4, 0.5) is 5.82 Å². The van der Waals surface area contributed by atoms with Crippen LogP contribution in [0.5, 0.6) is 0 Å². The Labute approximate surface area is 178 Å². The predicted octanol–water partition coefficient (Wildman–Crippen LogP) is 3.55. The maximum absolute atomic E-state index is 12.3. The van der Waals surface area contributed by atoms with E-state index in [2.05, 4.69) is 9.98 Å². The highest BCUT2D eigenvalue weighted by molar-refractivity contribution is 6.34. The summed E-state index contributed by atoms with van der Waals surface area (Å²) in [6, 6.07) is 8.94. The highest BCUT2D eigenvalue weighted by Gasteiger charge is 2.20. The van der Waals surface area contributed by atoms with Crippen LogP contribution >= 0.6 is 34.8 Å². The van der Waals surface area contributed by atoms with Gasteiger partial charge in [0.1, 0.15) is 11.0 Å². The summed E-state index contributed by atoms with van der Waals surface area (Å²) >= 11 is 18.1. The fourth-order valence-electron chi connectivity index (χ4n) is 2.98. The zero-order chi connectivity index (χ0) is 20.3. The van der Waals surface area contributed by atoms with Gasteiger partial charge in [0, 0.05) is 48.7 Å². The lowest BCUT2D eigenvalue weighted by Gasteiger charge is -2.26. The van der Waals surface area contributed by atoms with Crippen LogP contribution in [0.3, 0.4) is 0 Å². The van der Waals surface area contributed by atoms with Gasteiger partial charge in [-0.3, -0.25) is 4.79 Å². The summed E-state index contributed by atoms with van der Waals surface area (Å²) in [5.41, 5.74) is 7.48. The van der Waals surface area contributed by atoms with Crippen LogP contribution < -0.4 is 5.73 Å². The van der Waals surface area contributed by atoms with Gasteiger partial charge in [-0.15, -0.1) is 0 Å². The van der Waals surface area contributed by atoms with Gasteiger partial charge in [0.2, 0.25) is 5.91 Å². The number of hydrogen-bond donors (Lipinski definition) is 1. The van der Waals surface area contributed by atoms with E-state index in [9.17, 15) is 4.79 Å². The lowest BCUT2D eigenvalue weighted by Crippen LogP contribution is -2.41. The number of amidine groups is 1. The van der Waals surface area contributed by atoms with Gasteiger partial charge in [-0.1, -0.05) is 40.9 Å². The average Bonchev–Trinajstić information content (AvgIpc) is 3.06. The van der Waals surface area contributed by atoms with Crippen molar-refractivity contribution in [3.63, 3.8) is 0 Å². The van der Waals surface area contributed by atoms with Gasteiger partial charge in [0.25, 0.3) is 0 Å². The van der Waals surface area contributed by atoms with Crippen LogP contribution in [0.1, 0.15) is 11.1 Å². The van der Waals surface area contributed by atoms with Crippen LogP contribution in [0.2, 0.25) is 15.2 Å². The summed E-state index contributed by atoms with van der Waals surface area (Å²) in [7, 11) is 1.94. The summed E-state index contributed by atoms with van der Waals surface area (Å²) in [5.74, 6) is 1.39. The number of nitrogens with zero attached hydrogens (tertiary/aromatic N) is 4. The molecule has 1 aliphatic heterocycles. The molecule has 0 radical (unpaired) electrons. The zero-order valence-electron chi connectivity index (χ0n) is 15.3. The lowest BCUT2D eigenvalue weighted by molar-refractivity contribution is -0.130. The number of aliphatic imine (C=N–C) groups is 1. The largest absolute Gasteiger partial charge is 0.361 e. The van der Waals surface area contributed by atoms with Crippen molar-refractivity contribution < 1.29 is 4.79 Å². The van der Waals surface area contributed by atoms with E-state index < -0.39 is 0 Å². The van der Waals surface area contributed by atoms with Crippen molar-refractivity contribution in [1.82, 2.24) is 14.8 Å². The van der Waals surface area contributed by atoms with Crippen LogP contribution in [0.25, 0.3) is 0 Å². The van der Waals surface area contributed by atoms with Gasteiger partial charge in [0.15, 0.2) is 5.82 Å². The topological polar surface area (TPSA) is 74.8 Å². The van der Waals surface area contributed by atoms with Crippen LogP contribution in [-0.2, 0) is 17.8 Å². The number of carbonyl (C=O) groups excluding carboxylic acids is 1. The normalized spacial score (nSPS) is 12.5. The molecule has 3 rings (SSSR count). The van der Waals surface area contributed by atoms with Crippen molar-refractivity contribution >= 4 is 52.4 Å². The molecular weight excluding hydrogens is 421 g/mol. The Balaban J connectivity index is 1.65. The van der Waals surface area contributed by atoms with Gasteiger partial charge in [0.05, 0.1) is 6.54 Å². The van der Waals surface area contributed by atoms with Crippen LogP contribution in [0.15, 0.2) is 35.3 Å². The Hall–Kier alpha value is -1.86. The first-order valence-electron chi connectivity index (χ1n) is 8.72. The number of rotatable bonds is 6. The standard InChI is InChI=1S/C19H20Cl3N5O/c1-26(17-8-13-2-3-16(22)24-19(13)25-17)4-5-27(18(28)10-23)11-12-6-14(20)9-15(21)7-12/h2-3,6-7,9H,4-5,8,10-11,23H2,1H3. The van der Waals surface area contributed by atoms with Crippen molar-refractivity contribution in [2.45, 2.75) is 13.0 Å². The van der Waals surface area contributed by atoms with E-state index in [0.29, 0.717) is 47.1 Å². The Morgan fingerprint density at radius 1 is 1.14 bits per heavy atom. The molecule has 1 aromatic heterocycles. The minimum atomic E-state index is -0.144. The van der Waals surface area contributed by atoms with E-state index in [-0.39, 0.29) is 12.5 Å². The summed E-state index contributed by atoms with van der Waals surface area (Å²) in [6.07, 6.45) is 0.685. The first-order chi connectivity index (χ1) is 13.4. The third-order valence-electron chi connectivity index (χ3n) is 4.47. The number of nitrogens with two attached hydrogens (primary N) is 1. The molecule has 0 unspecified atom stereocenters. The molecule has 2 N–H and O–H groups in total. The van der Waals surface area contributed by atoms with Gasteiger partial charge < -0.3 is 15.5 Å². The van der Waals surface area contributed by atoms with Crippen molar-refractivity contribution in [3.05, 3.63) is 56.7 Å². The maximum Gasteiger partial charge on any atom is 0.236 e. The summed E-state index contributed by atoms with van der Waals surface area (Å²) < 4.78 is 0. The van der Waals surface area contributed by atoms with E-state index in [1.807, 2.05) is 18.0 Å². The quantitative estimate of drug-likeness (QED) is 0.697. The molecule has 1 amide bonds. The second-order valence-corrected chi connectivity index (χ2v) is 7.80. The van der Waals surface area contributed by atoms with Gasteiger partial charge in [-0.2, -0.15) is 0 Å². The number of pyridine rings is 1. The molecule has 0 spiro atoms. The van der Waals surface area contributed by atoms with E-state index in [1.54, 1.807) is 29.2 Å². The molecule has 6 nitrogen and oxygen atoms in total. The number of likely N-dealkylation sites (N-methyl/N-ethyl adjacent to an activating group) is 1. The molecule has 0 aliphatic carbocycles. The van der Waals surface area contributed by atoms with E-state index in [4.69, 9.17) is 40.5 Å². The first-order valence-corrected chi connectivity index (χ1v) is 9.86. The third kappa shape index (κ3) is 5.14. The molecule has 28 heavy (non-hydrogen) atoms. The molecule has 148 valence electrons. The number of hydrogen-bond acceptors (Lipinski definition) is 5. The maximum atomic E-state index is 12.3. The van der Waals surface area contributed by atoms with Gasteiger partial charge >= 0.3 is 0 Å². The molecule has 9 heteroatoms. The summed E-state index contributed by atoms with van der Waals surface area (Å²) in [6.45, 7) is 1.40. The van der Waals surface area contributed by atoms with Crippen molar-refractivity contribution in [2.75, 3.05) is 26.7 Å². The molecule has 2 heterocycles. The van der Waals surface area contributed by atoms with Crippen molar-refractivity contribution in [1.29, 1.82) is 0 Å². The fraction of sp³-hybridized carbons (Fsp3) is 0.316. The molecule has 1 aliphatic rings. The SMILES string of the molecule is CN(CCN(Cc1cc(Cl)cc(Cl)c1)C(=O)CN)C1=Nc2nc(Cl)ccc2C1. The fourth-order valence-corrected chi connectivity index (χ4v) is 3.70. The molecule has 1 aromatic carbocycles. The predicted molar refractivity (Wildman–Crippen MR) is 114 cm³/mol. The van der Waals surface area contributed by atoms with Crippen LogP contribution in [0, 0.1) is 0 Å². The molecule has 0 bridgehead atoms. The number of fused-ring (bicyclic) bond motifs is 1. The van der Waals surface area contributed by atoms with E-state index in [1.165, 1.54) is 0 Å². The van der Waals surface area contributed by atoms with Crippen molar-refractivity contribution in [2.24, 2.45) is 10.7 Å². The molecule has 0 fully saturated rings. The first kappa shape index (κ1) is 20.9.